The number of fused-ring (bicyclic) bond motifs is 1. The van der Waals surface area contributed by atoms with Crippen molar-refractivity contribution in [3.05, 3.63) is 108 Å². The van der Waals surface area contributed by atoms with Gasteiger partial charge in [0.05, 0.1) is 5.70 Å². The van der Waals surface area contributed by atoms with Crippen LogP contribution in [-0.4, -0.2) is 63.7 Å². The second-order valence-electron chi connectivity index (χ2n) is 8.99. The van der Waals surface area contributed by atoms with Gasteiger partial charge in [-0.05, 0) is 39.8 Å². The molecular weight excluding hydrogens is 450 g/mol. The highest BCUT2D eigenvalue weighted by Crippen LogP contribution is 2.36. The minimum Gasteiger partial charge on any atom is -0.368 e. The third-order valence-corrected chi connectivity index (χ3v) is 6.84. The number of carbonyl (C=O) groups is 1. The molecule has 2 aliphatic rings. The van der Waals surface area contributed by atoms with E-state index in [4.69, 9.17) is 0 Å². The number of allylic oxidation sites excluding steroid dienone is 1. The Kier molecular flexibility index (Phi) is 5.91. The number of piperazine rings is 1. The molecule has 1 amide bonds. The average Bonchev–Trinajstić information content (AvgIpc) is 3.45. The second kappa shape index (κ2) is 9.65. The van der Waals surface area contributed by atoms with Gasteiger partial charge in [0.25, 0.3) is 5.95 Å². The van der Waals surface area contributed by atoms with Crippen LogP contribution in [-0.2, 0) is 4.79 Å². The number of benzene rings is 3. The molecule has 0 spiro atoms. The first-order valence-corrected chi connectivity index (χ1v) is 12.2. The summed E-state index contributed by atoms with van der Waals surface area (Å²) in [5.74, 6) is 0.638. The molecule has 3 aromatic carbocycles. The first-order valence-electron chi connectivity index (χ1n) is 12.2. The predicted molar refractivity (Wildman–Crippen MR) is 139 cm³/mol. The number of amides is 1. The lowest BCUT2D eigenvalue weighted by Crippen LogP contribution is -2.51. The molecular formula is C28H27N7O. The maximum atomic E-state index is 13.5. The molecule has 6 rings (SSSR count). The highest BCUT2D eigenvalue weighted by atomic mass is 16.2. The molecule has 8 nitrogen and oxygen atoms in total. The first kappa shape index (κ1) is 22.0. The van der Waals surface area contributed by atoms with Gasteiger partial charge < -0.3 is 9.80 Å². The number of hydrogen-bond acceptors (Lipinski definition) is 6. The number of rotatable bonds is 5. The van der Waals surface area contributed by atoms with Gasteiger partial charge in [0.15, 0.2) is 0 Å². The van der Waals surface area contributed by atoms with Crippen LogP contribution in [0.5, 0.6) is 0 Å². The van der Waals surface area contributed by atoms with Crippen LogP contribution >= 0.6 is 0 Å². The molecule has 0 N–H and O–H groups in total. The summed E-state index contributed by atoms with van der Waals surface area (Å²) < 4.78 is 1.79. The van der Waals surface area contributed by atoms with Crippen molar-refractivity contribution >= 4 is 23.2 Å². The minimum absolute atomic E-state index is 0.0669. The number of tetrazole rings is 1. The number of hydrogen-bond donors (Lipinski definition) is 0. The zero-order valence-electron chi connectivity index (χ0n) is 19.9. The molecule has 0 bridgehead atoms. The third-order valence-electron chi connectivity index (χ3n) is 6.84. The third kappa shape index (κ3) is 4.22. The van der Waals surface area contributed by atoms with Gasteiger partial charge in [-0.2, -0.15) is 4.68 Å². The van der Waals surface area contributed by atoms with E-state index in [0.29, 0.717) is 19.0 Å². The normalized spacial score (nSPS) is 17.5. The Hall–Kier alpha value is -4.46. The van der Waals surface area contributed by atoms with Gasteiger partial charge in [-0.25, -0.2) is 0 Å². The lowest BCUT2D eigenvalue weighted by atomic mass is 10.0. The van der Waals surface area contributed by atoms with Crippen LogP contribution in [0.2, 0.25) is 0 Å². The summed E-state index contributed by atoms with van der Waals surface area (Å²) >= 11 is 0. The summed E-state index contributed by atoms with van der Waals surface area (Å²) in [5, 5.41) is 12.6. The van der Waals surface area contributed by atoms with Crippen LogP contribution in [0.4, 0.5) is 11.6 Å². The van der Waals surface area contributed by atoms with Gasteiger partial charge in [0.2, 0.25) is 5.91 Å². The number of anilines is 2. The molecule has 180 valence electrons. The Morgan fingerprint density at radius 3 is 2.14 bits per heavy atom. The fourth-order valence-electron chi connectivity index (χ4n) is 4.96. The second-order valence-corrected chi connectivity index (χ2v) is 8.99. The predicted octanol–water partition coefficient (Wildman–Crippen LogP) is 3.47. The fraction of sp³-hybridized carbons (Fsp3) is 0.214. The Bertz CT molecular complexity index is 1350. The van der Waals surface area contributed by atoms with Crippen LogP contribution in [0.1, 0.15) is 17.2 Å². The maximum Gasteiger partial charge on any atom is 0.251 e. The van der Waals surface area contributed by atoms with E-state index < -0.39 is 0 Å². The van der Waals surface area contributed by atoms with Crippen molar-refractivity contribution in [1.29, 1.82) is 0 Å². The minimum atomic E-state index is -0.160. The van der Waals surface area contributed by atoms with Crippen LogP contribution in [0, 0.1) is 0 Å². The first-order chi connectivity index (χ1) is 17.8. The smallest absolute Gasteiger partial charge is 0.251 e. The fourth-order valence-corrected chi connectivity index (χ4v) is 4.96. The van der Waals surface area contributed by atoms with Gasteiger partial charge in [-0.1, -0.05) is 84.0 Å². The number of para-hydroxylation sites is 1. The van der Waals surface area contributed by atoms with Crippen molar-refractivity contribution in [2.75, 3.05) is 42.5 Å². The maximum absolute atomic E-state index is 13.5. The number of aromatic nitrogens is 4. The summed E-state index contributed by atoms with van der Waals surface area (Å²) in [6.07, 6.45) is 2.15. The van der Waals surface area contributed by atoms with Crippen molar-refractivity contribution in [2.45, 2.75) is 6.04 Å². The molecule has 1 aromatic heterocycles. The quantitative estimate of drug-likeness (QED) is 0.438. The van der Waals surface area contributed by atoms with E-state index >= 15 is 0 Å². The Balaban J connectivity index is 1.27. The zero-order chi connectivity index (χ0) is 24.3. The van der Waals surface area contributed by atoms with Gasteiger partial charge in [0.1, 0.15) is 12.6 Å². The van der Waals surface area contributed by atoms with Gasteiger partial charge in [0, 0.05) is 31.9 Å². The molecule has 2 aliphatic heterocycles. The van der Waals surface area contributed by atoms with E-state index in [-0.39, 0.29) is 18.5 Å². The van der Waals surface area contributed by atoms with E-state index in [0.717, 1.165) is 29.9 Å². The summed E-state index contributed by atoms with van der Waals surface area (Å²) in [4.78, 5) is 19.7. The molecule has 3 heterocycles. The Morgan fingerprint density at radius 2 is 1.44 bits per heavy atom. The van der Waals surface area contributed by atoms with Crippen LogP contribution < -0.4 is 9.80 Å². The molecule has 1 atom stereocenters. The molecule has 36 heavy (non-hydrogen) atoms. The molecule has 8 heteroatoms. The van der Waals surface area contributed by atoms with Crippen LogP contribution in [0.25, 0.3) is 5.70 Å². The topological polar surface area (TPSA) is 70.4 Å². The monoisotopic (exact) mass is 477 g/mol. The SMILES string of the molecule is O=C(CN1C(c2ccccc2)=C[C@@H](c2ccccc2)n2nnnc21)N1CCN(c2ccccc2)CC1. The van der Waals surface area contributed by atoms with E-state index in [2.05, 4.69) is 62.9 Å². The van der Waals surface area contributed by atoms with E-state index in [1.807, 2.05) is 64.4 Å². The van der Waals surface area contributed by atoms with Gasteiger partial charge in [-0.3, -0.25) is 9.69 Å². The van der Waals surface area contributed by atoms with Crippen molar-refractivity contribution in [3.63, 3.8) is 0 Å². The molecule has 0 unspecified atom stereocenters. The summed E-state index contributed by atoms with van der Waals surface area (Å²) in [6, 6.07) is 30.5. The van der Waals surface area contributed by atoms with Gasteiger partial charge in [-0.15, -0.1) is 0 Å². The summed E-state index contributed by atoms with van der Waals surface area (Å²) in [5.41, 5.74) is 4.24. The molecule has 1 saturated heterocycles. The lowest BCUT2D eigenvalue weighted by Gasteiger charge is -2.38. The lowest BCUT2D eigenvalue weighted by molar-refractivity contribution is -0.129. The van der Waals surface area contributed by atoms with Crippen molar-refractivity contribution in [3.8, 4) is 0 Å². The van der Waals surface area contributed by atoms with Crippen molar-refractivity contribution < 1.29 is 4.79 Å². The van der Waals surface area contributed by atoms with E-state index in [9.17, 15) is 4.79 Å². The largest absolute Gasteiger partial charge is 0.368 e. The number of carbonyl (C=O) groups excluding carboxylic acids is 1. The highest BCUT2D eigenvalue weighted by molar-refractivity contribution is 5.89. The molecule has 0 aliphatic carbocycles. The van der Waals surface area contributed by atoms with Gasteiger partial charge >= 0.3 is 0 Å². The standard InChI is InChI=1S/C28H27N7O/c36-27(33-18-16-32(17-19-33)24-14-8-3-9-15-24)21-34-25(22-10-4-1-5-11-22)20-26(23-12-6-2-7-13-23)35-28(34)29-30-31-35/h1-15,20,26H,16-19,21H2/t26-/m0/s1. The number of nitrogens with zero attached hydrogens (tertiary/aromatic N) is 7. The summed E-state index contributed by atoms with van der Waals surface area (Å²) in [7, 11) is 0. The summed E-state index contributed by atoms with van der Waals surface area (Å²) in [6.45, 7) is 3.16. The Labute approximate surface area is 210 Å². The van der Waals surface area contributed by atoms with E-state index in [1.165, 1.54) is 5.69 Å². The van der Waals surface area contributed by atoms with Crippen molar-refractivity contribution in [2.24, 2.45) is 0 Å². The zero-order valence-corrected chi connectivity index (χ0v) is 19.9. The van der Waals surface area contributed by atoms with Crippen LogP contribution in [0.15, 0.2) is 97.1 Å². The van der Waals surface area contributed by atoms with Crippen LogP contribution in [0.3, 0.4) is 0 Å². The molecule has 0 saturated carbocycles. The Morgan fingerprint density at radius 1 is 0.806 bits per heavy atom. The highest BCUT2D eigenvalue weighted by Gasteiger charge is 2.33. The molecule has 0 radical (unpaired) electrons. The van der Waals surface area contributed by atoms with E-state index in [1.54, 1.807) is 4.68 Å². The molecule has 4 aromatic rings. The molecule has 1 fully saturated rings. The average molecular weight is 478 g/mol. The van der Waals surface area contributed by atoms with Crippen molar-refractivity contribution in [1.82, 2.24) is 25.1 Å².